The van der Waals surface area contributed by atoms with Gasteiger partial charge in [0.2, 0.25) is 5.91 Å². The highest BCUT2D eigenvalue weighted by Gasteiger charge is 2.15. The average molecular weight is 453 g/mol. The van der Waals surface area contributed by atoms with E-state index in [1.807, 2.05) is 37.5 Å². The van der Waals surface area contributed by atoms with E-state index in [0.717, 1.165) is 39.1 Å². The highest BCUT2D eigenvalue weighted by Crippen LogP contribution is 2.28. The Balaban J connectivity index is 1.64. The maximum Gasteiger partial charge on any atom is 0.234 e. The van der Waals surface area contributed by atoms with E-state index in [0.29, 0.717) is 19.1 Å². The number of hydrogen-bond donors (Lipinski definition) is 1. The molecule has 3 aromatic rings. The van der Waals surface area contributed by atoms with Crippen LogP contribution in [0.3, 0.4) is 0 Å². The molecule has 0 aliphatic heterocycles. The van der Waals surface area contributed by atoms with Gasteiger partial charge in [0.1, 0.15) is 12.4 Å². The van der Waals surface area contributed by atoms with Crippen molar-refractivity contribution in [2.45, 2.75) is 65.8 Å². The molecule has 3 rings (SSSR count). The minimum absolute atomic E-state index is 0.0650. The van der Waals surface area contributed by atoms with Crippen LogP contribution in [-0.2, 0) is 17.9 Å². The highest BCUT2D eigenvalue weighted by molar-refractivity contribution is 7.99. The number of anilines is 1. The Morgan fingerprint density at radius 3 is 2.44 bits per heavy atom. The van der Waals surface area contributed by atoms with Crippen LogP contribution in [0.2, 0.25) is 0 Å². The van der Waals surface area contributed by atoms with Gasteiger partial charge in [0.05, 0.1) is 5.75 Å². The van der Waals surface area contributed by atoms with Crippen molar-refractivity contribution in [1.82, 2.24) is 14.8 Å². The molecule has 6 nitrogen and oxygen atoms in total. The first-order valence-electron chi connectivity index (χ1n) is 10.9. The molecule has 1 amide bonds. The zero-order valence-corrected chi connectivity index (χ0v) is 20.5. The van der Waals surface area contributed by atoms with Crippen molar-refractivity contribution in [3.8, 4) is 5.75 Å². The van der Waals surface area contributed by atoms with Crippen LogP contribution in [0.5, 0.6) is 5.75 Å². The zero-order valence-electron chi connectivity index (χ0n) is 19.7. The average Bonchev–Trinajstić information content (AvgIpc) is 3.11. The summed E-state index contributed by atoms with van der Waals surface area (Å²) < 4.78 is 8.14. The number of rotatable bonds is 9. The van der Waals surface area contributed by atoms with Crippen LogP contribution >= 0.6 is 11.8 Å². The molecule has 1 heterocycles. The van der Waals surface area contributed by atoms with Crippen molar-refractivity contribution in [3.63, 3.8) is 0 Å². The van der Waals surface area contributed by atoms with E-state index < -0.39 is 0 Å². The van der Waals surface area contributed by atoms with Crippen LogP contribution in [-0.4, -0.2) is 26.4 Å². The van der Waals surface area contributed by atoms with E-state index >= 15 is 0 Å². The lowest BCUT2D eigenvalue weighted by Gasteiger charge is -2.15. The number of benzene rings is 2. The van der Waals surface area contributed by atoms with Gasteiger partial charge in [-0.25, -0.2) is 0 Å². The van der Waals surface area contributed by atoms with Crippen LogP contribution in [0.15, 0.2) is 41.6 Å². The minimum Gasteiger partial charge on any atom is -0.485 e. The number of aromatic nitrogens is 3. The molecular formula is C25H32N4O2S. The lowest BCUT2D eigenvalue weighted by Crippen LogP contribution is -2.15. The van der Waals surface area contributed by atoms with Gasteiger partial charge in [-0.15, -0.1) is 10.2 Å². The number of aryl methyl sites for hydroxylation is 3. The van der Waals surface area contributed by atoms with E-state index in [9.17, 15) is 4.79 Å². The molecule has 0 aliphatic carbocycles. The summed E-state index contributed by atoms with van der Waals surface area (Å²) in [4.78, 5) is 12.4. The summed E-state index contributed by atoms with van der Waals surface area (Å²) in [5, 5.41) is 12.3. The third-order valence-electron chi connectivity index (χ3n) is 5.10. The second-order valence-electron chi connectivity index (χ2n) is 8.34. The minimum atomic E-state index is -0.0650. The number of nitrogens with zero attached hydrogens (tertiary/aromatic N) is 3. The summed E-state index contributed by atoms with van der Waals surface area (Å²) in [5.41, 5.74) is 5.40. The van der Waals surface area contributed by atoms with Gasteiger partial charge >= 0.3 is 0 Å². The van der Waals surface area contributed by atoms with Crippen molar-refractivity contribution < 1.29 is 9.53 Å². The fourth-order valence-corrected chi connectivity index (χ4v) is 4.43. The van der Waals surface area contributed by atoms with Crippen molar-refractivity contribution in [2.24, 2.45) is 0 Å². The first-order valence-corrected chi connectivity index (χ1v) is 11.9. The van der Waals surface area contributed by atoms with Gasteiger partial charge in [0.15, 0.2) is 11.0 Å². The molecule has 0 spiro atoms. The first kappa shape index (κ1) is 23.9. The summed E-state index contributed by atoms with van der Waals surface area (Å²) in [5.74, 6) is 2.20. The van der Waals surface area contributed by atoms with Crippen molar-refractivity contribution >= 4 is 23.4 Å². The van der Waals surface area contributed by atoms with E-state index in [-0.39, 0.29) is 11.7 Å². The molecule has 7 heteroatoms. The molecule has 170 valence electrons. The maximum absolute atomic E-state index is 12.4. The molecule has 1 N–H and O–H groups in total. The second-order valence-corrected chi connectivity index (χ2v) is 9.28. The Morgan fingerprint density at radius 1 is 1.06 bits per heavy atom. The predicted octanol–water partition coefficient (Wildman–Crippen LogP) is 5.66. The lowest BCUT2D eigenvalue weighted by molar-refractivity contribution is -0.113. The predicted molar refractivity (Wildman–Crippen MR) is 131 cm³/mol. The van der Waals surface area contributed by atoms with Gasteiger partial charge in [-0.2, -0.15) is 0 Å². The number of hydrogen-bond acceptors (Lipinski definition) is 5. The summed E-state index contributed by atoms with van der Waals surface area (Å²) in [6.07, 6.45) is 0. The third kappa shape index (κ3) is 6.13. The second kappa shape index (κ2) is 10.7. The maximum atomic E-state index is 12.4. The summed E-state index contributed by atoms with van der Waals surface area (Å²) in [6.45, 7) is 13.5. The fourth-order valence-electron chi connectivity index (χ4n) is 3.61. The Hall–Kier alpha value is -2.80. The third-order valence-corrected chi connectivity index (χ3v) is 6.06. The summed E-state index contributed by atoms with van der Waals surface area (Å²) in [6, 6.07) is 12.3. The smallest absolute Gasteiger partial charge is 0.234 e. The van der Waals surface area contributed by atoms with E-state index in [2.05, 4.69) is 60.6 Å². The van der Waals surface area contributed by atoms with Crippen LogP contribution in [0.4, 0.5) is 5.69 Å². The molecule has 1 aromatic heterocycles. The van der Waals surface area contributed by atoms with Crippen molar-refractivity contribution in [2.75, 3.05) is 11.1 Å². The standard InChI is InChI=1S/C25H32N4O2S/c1-7-29-23(14-31-22-13-17(4)8-9-21(22)16(2)3)27-28-25(29)32-15-24(30)26-20-11-18(5)10-19(6)12-20/h8-13,16H,7,14-15H2,1-6H3,(H,26,30). The molecule has 0 saturated heterocycles. The van der Waals surface area contributed by atoms with Crippen LogP contribution in [0.25, 0.3) is 0 Å². The highest BCUT2D eigenvalue weighted by atomic mass is 32.2. The van der Waals surface area contributed by atoms with Crippen molar-refractivity contribution in [3.05, 3.63) is 64.5 Å². The SMILES string of the molecule is CCn1c(COc2cc(C)ccc2C(C)C)nnc1SCC(=O)Nc1cc(C)cc(C)c1. The Bertz CT molecular complexity index is 1070. The number of amides is 1. The largest absolute Gasteiger partial charge is 0.485 e. The number of nitrogens with one attached hydrogen (secondary N) is 1. The van der Waals surface area contributed by atoms with Crippen LogP contribution in [0, 0.1) is 20.8 Å². The summed E-state index contributed by atoms with van der Waals surface area (Å²) >= 11 is 1.38. The molecule has 0 unspecified atom stereocenters. The topological polar surface area (TPSA) is 69.0 Å². The van der Waals surface area contributed by atoms with E-state index in [1.54, 1.807) is 0 Å². The molecule has 0 saturated carbocycles. The molecule has 0 aliphatic rings. The van der Waals surface area contributed by atoms with Crippen LogP contribution in [0.1, 0.15) is 54.8 Å². The molecule has 0 fully saturated rings. The Kier molecular flexibility index (Phi) is 7.96. The normalized spacial score (nSPS) is 11.1. The van der Waals surface area contributed by atoms with Gasteiger partial charge in [-0.3, -0.25) is 4.79 Å². The zero-order chi connectivity index (χ0) is 23.3. The fraction of sp³-hybridized carbons (Fsp3) is 0.400. The molecule has 0 radical (unpaired) electrons. The van der Waals surface area contributed by atoms with Gasteiger partial charge in [-0.05, 0) is 74.1 Å². The first-order chi connectivity index (χ1) is 15.3. The van der Waals surface area contributed by atoms with E-state index in [4.69, 9.17) is 4.74 Å². The Labute approximate surface area is 194 Å². The van der Waals surface area contributed by atoms with Gasteiger partial charge < -0.3 is 14.6 Å². The van der Waals surface area contributed by atoms with Crippen molar-refractivity contribution in [1.29, 1.82) is 0 Å². The van der Waals surface area contributed by atoms with E-state index in [1.165, 1.54) is 17.3 Å². The molecule has 0 atom stereocenters. The number of thioether (sulfide) groups is 1. The van der Waals surface area contributed by atoms with Gasteiger partial charge in [-0.1, -0.05) is 43.8 Å². The van der Waals surface area contributed by atoms with Gasteiger partial charge in [0.25, 0.3) is 0 Å². The molecule has 32 heavy (non-hydrogen) atoms. The number of carbonyl (C=O) groups excluding carboxylic acids is 1. The van der Waals surface area contributed by atoms with Gasteiger partial charge in [0, 0.05) is 12.2 Å². The number of carbonyl (C=O) groups is 1. The number of ether oxygens (including phenoxy) is 1. The van der Waals surface area contributed by atoms with Crippen LogP contribution < -0.4 is 10.1 Å². The molecule has 2 aromatic carbocycles. The monoisotopic (exact) mass is 452 g/mol. The molecule has 0 bridgehead atoms. The Morgan fingerprint density at radius 2 is 1.78 bits per heavy atom. The quantitative estimate of drug-likeness (QED) is 0.425. The molecular weight excluding hydrogens is 420 g/mol. The lowest BCUT2D eigenvalue weighted by atomic mass is 10.0. The summed E-state index contributed by atoms with van der Waals surface area (Å²) in [7, 11) is 0.